The van der Waals surface area contributed by atoms with E-state index in [2.05, 4.69) is 0 Å². The van der Waals surface area contributed by atoms with Gasteiger partial charge < -0.3 is 5.11 Å². The maximum Gasteiger partial charge on any atom is 0.375 e. The van der Waals surface area contributed by atoms with Gasteiger partial charge in [0.1, 0.15) is 0 Å². The van der Waals surface area contributed by atoms with Gasteiger partial charge >= 0.3 is 11.9 Å². The van der Waals surface area contributed by atoms with Crippen molar-refractivity contribution in [3.05, 3.63) is 0 Å². The SMILES string of the molecule is CCCC(C)N(C)CC(F)(F)C(=O)O. The van der Waals surface area contributed by atoms with Crippen LogP contribution in [0.1, 0.15) is 26.7 Å². The first-order valence-electron chi connectivity index (χ1n) is 4.62. The fourth-order valence-corrected chi connectivity index (χ4v) is 1.17. The summed E-state index contributed by atoms with van der Waals surface area (Å²) in [5.41, 5.74) is 0. The Balaban J connectivity index is 4.16. The van der Waals surface area contributed by atoms with E-state index in [9.17, 15) is 13.6 Å². The van der Waals surface area contributed by atoms with Crippen molar-refractivity contribution in [2.75, 3.05) is 13.6 Å². The molecular weight excluding hydrogens is 192 g/mol. The van der Waals surface area contributed by atoms with Crippen LogP contribution in [0.5, 0.6) is 0 Å². The number of carboxylic acid groups (broad SMARTS) is 1. The monoisotopic (exact) mass is 209 g/mol. The van der Waals surface area contributed by atoms with Crippen molar-refractivity contribution in [2.24, 2.45) is 0 Å². The Morgan fingerprint density at radius 3 is 2.43 bits per heavy atom. The van der Waals surface area contributed by atoms with E-state index in [0.717, 1.165) is 12.8 Å². The third-order valence-electron chi connectivity index (χ3n) is 2.22. The van der Waals surface area contributed by atoms with Crippen molar-refractivity contribution in [1.82, 2.24) is 4.90 Å². The predicted octanol–water partition coefficient (Wildman–Crippen LogP) is 1.83. The Morgan fingerprint density at radius 2 is 2.07 bits per heavy atom. The minimum atomic E-state index is -3.66. The molecular formula is C9H17F2NO2. The van der Waals surface area contributed by atoms with Gasteiger partial charge in [-0.3, -0.25) is 4.90 Å². The van der Waals surface area contributed by atoms with Crippen LogP contribution in [-0.2, 0) is 4.79 Å². The molecule has 1 unspecified atom stereocenters. The Hall–Kier alpha value is -0.710. The van der Waals surface area contributed by atoms with Gasteiger partial charge in [0, 0.05) is 6.04 Å². The second-order valence-corrected chi connectivity index (χ2v) is 3.56. The number of rotatable bonds is 6. The van der Waals surface area contributed by atoms with Gasteiger partial charge in [0.05, 0.1) is 6.54 Å². The van der Waals surface area contributed by atoms with Gasteiger partial charge in [-0.25, -0.2) is 4.79 Å². The van der Waals surface area contributed by atoms with Crippen LogP contribution in [-0.4, -0.2) is 41.5 Å². The molecule has 0 fully saturated rings. The zero-order valence-corrected chi connectivity index (χ0v) is 8.76. The zero-order chi connectivity index (χ0) is 11.4. The summed E-state index contributed by atoms with van der Waals surface area (Å²) in [5, 5.41) is 8.23. The van der Waals surface area contributed by atoms with Crippen LogP contribution < -0.4 is 0 Å². The smallest absolute Gasteiger partial charge is 0.375 e. The van der Waals surface area contributed by atoms with Gasteiger partial charge in [-0.1, -0.05) is 13.3 Å². The summed E-state index contributed by atoms with van der Waals surface area (Å²) in [6.07, 6.45) is 1.68. The van der Waals surface area contributed by atoms with Crippen molar-refractivity contribution < 1.29 is 18.7 Å². The molecule has 0 aliphatic heterocycles. The molecule has 0 heterocycles. The Morgan fingerprint density at radius 1 is 1.57 bits per heavy atom. The largest absolute Gasteiger partial charge is 0.477 e. The summed E-state index contributed by atoms with van der Waals surface area (Å²) in [5.74, 6) is -5.72. The average molecular weight is 209 g/mol. The molecule has 1 atom stereocenters. The van der Waals surface area contributed by atoms with E-state index in [1.165, 1.54) is 11.9 Å². The highest BCUT2D eigenvalue weighted by molar-refractivity contribution is 5.75. The number of halogens is 2. The van der Waals surface area contributed by atoms with Gasteiger partial charge in [-0.15, -0.1) is 0 Å². The lowest BCUT2D eigenvalue weighted by Gasteiger charge is -2.26. The van der Waals surface area contributed by atoms with E-state index in [-0.39, 0.29) is 6.04 Å². The van der Waals surface area contributed by atoms with Crippen molar-refractivity contribution in [3.8, 4) is 0 Å². The molecule has 84 valence electrons. The second kappa shape index (κ2) is 5.24. The summed E-state index contributed by atoms with van der Waals surface area (Å²) in [4.78, 5) is 11.5. The summed E-state index contributed by atoms with van der Waals surface area (Å²) in [6.45, 7) is 3.03. The molecule has 0 aromatic carbocycles. The zero-order valence-electron chi connectivity index (χ0n) is 8.76. The van der Waals surface area contributed by atoms with Crippen LogP contribution in [0.15, 0.2) is 0 Å². The summed E-state index contributed by atoms with van der Waals surface area (Å²) in [6, 6.07) is -0.0229. The average Bonchev–Trinajstić information content (AvgIpc) is 2.03. The Bertz CT molecular complexity index is 197. The molecule has 0 bridgehead atoms. The van der Waals surface area contributed by atoms with Crippen LogP contribution in [0.4, 0.5) is 8.78 Å². The van der Waals surface area contributed by atoms with Crippen LogP contribution in [0.2, 0.25) is 0 Å². The molecule has 3 nitrogen and oxygen atoms in total. The molecule has 0 aromatic rings. The predicted molar refractivity (Wildman–Crippen MR) is 49.6 cm³/mol. The third kappa shape index (κ3) is 4.00. The van der Waals surface area contributed by atoms with Gasteiger partial charge in [0.25, 0.3) is 0 Å². The first-order chi connectivity index (χ1) is 6.31. The fourth-order valence-electron chi connectivity index (χ4n) is 1.17. The van der Waals surface area contributed by atoms with Gasteiger partial charge in [-0.05, 0) is 20.4 Å². The molecule has 0 saturated heterocycles. The normalized spacial score (nSPS) is 14.4. The lowest BCUT2D eigenvalue weighted by atomic mass is 10.1. The minimum absolute atomic E-state index is 0.0229. The molecule has 0 amide bonds. The van der Waals surface area contributed by atoms with E-state index < -0.39 is 18.4 Å². The first-order valence-corrected chi connectivity index (χ1v) is 4.62. The van der Waals surface area contributed by atoms with E-state index in [4.69, 9.17) is 5.11 Å². The highest BCUT2D eigenvalue weighted by Crippen LogP contribution is 2.17. The van der Waals surface area contributed by atoms with Crippen LogP contribution in [0.3, 0.4) is 0 Å². The standard InChI is InChI=1S/C9H17F2NO2/c1-4-5-7(2)12(3)6-9(10,11)8(13)14/h7H,4-6H2,1-3H3,(H,13,14). The highest BCUT2D eigenvalue weighted by atomic mass is 19.3. The molecule has 5 heteroatoms. The fraction of sp³-hybridized carbons (Fsp3) is 0.889. The number of carboxylic acids is 1. The number of hydrogen-bond donors (Lipinski definition) is 1. The second-order valence-electron chi connectivity index (χ2n) is 3.56. The number of hydrogen-bond acceptors (Lipinski definition) is 2. The van der Waals surface area contributed by atoms with Crippen LogP contribution >= 0.6 is 0 Å². The number of carbonyl (C=O) groups is 1. The van der Waals surface area contributed by atoms with Gasteiger partial charge in [-0.2, -0.15) is 8.78 Å². The summed E-state index contributed by atoms with van der Waals surface area (Å²) < 4.78 is 25.5. The molecule has 0 spiro atoms. The quantitative estimate of drug-likeness (QED) is 0.725. The van der Waals surface area contributed by atoms with E-state index in [1.54, 1.807) is 6.92 Å². The van der Waals surface area contributed by atoms with Crippen molar-refractivity contribution in [1.29, 1.82) is 0 Å². The maximum absolute atomic E-state index is 12.8. The van der Waals surface area contributed by atoms with Crippen molar-refractivity contribution >= 4 is 5.97 Å². The van der Waals surface area contributed by atoms with Gasteiger partial charge in [0.2, 0.25) is 0 Å². The van der Waals surface area contributed by atoms with E-state index >= 15 is 0 Å². The van der Waals surface area contributed by atoms with Crippen molar-refractivity contribution in [3.63, 3.8) is 0 Å². The molecule has 0 rings (SSSR count). The topological polar surface area (TPSA) is 40.5 Å². The molecule has 14 heavy (non-hydrogen) atoms. The van der Waals surface area contributed by atoms with E-state index in [1.807, 2.05) is 6.92 Å². The molecule has 0 aliphatic carbocycles. The molecule has 0 radical (unpaired) electrons. The first kappa shape index (κ1) is 13.3. The van der Waals surface area contributed by atoms with Gasteiger partial charge in [0.15, 0.2) is 0 Å². The third-order valence-corrected chi connectivity index (χ3v) is 2.22. The highest BCUT2D eigenvalue weighted by Gasteiger charge is 2.40. The molecule has 0 saturated carbocycles. The Labute approximate surface area is 82.7 Å². The number of aliphatic carboxylic acids is 1. The Kier molecular flexibility index (Phi) is 4.97. The van der Waals surface area contributed by atoms with Crippen molar-refractivity contribution in [2.45, 2.75) is 38.7 Å². The van der Waals surface area contributed by atoms with Crippen LogP contribution in [0.25, 0.3) is 0 Å². The molecule has 0 aliphatic rings. The molecule has 0 aromatic heterocycles. The lowest BCUT2D eigenvalue weighted by Crippen LogP contribution is -2.44. The summed E-state index contributed by atoms with van der Waals surface area (Å²) in [7, 11) is 1.51. The molecule has 1 N–H and O–H groups in total. The summed E-state index contributed by atoms with van der Waals surface area (Å²) >= 11 is 0. The number of nitrogens with zero attached hydrogens (tertiary/aromatic N) is 1. The lowest BCUT2D eigenvalue weighted by molar-refractivity contribution is -0.167. The van der Waals surface area contributed by atoms with E-state index in [0.29, 0.717) is 0 Å². The minimum Gasteiger partial charge on any atom is -0.477 e. The van der Waals surface area contributed by atoms with Crippen LogP contribution in [0, 0.1) is 0 Å². The number of alkyl halides is 2. The maximum atomic E-state index is 12.8.